The van der Waals surface area contributed by atoms with Crippen molar-refractivity contribution in [3.63, 3.8) is 0 Å². The van der Waals surface area contributed by atoms with Gasteiger partial charge in [-0.15, -0.1) is 0 Å². The molecule has 2 aromatic rings. The van der Waals surface area contributed by atoms with Crippen LogP contribution in [0.3, 0.4) is 0 Å². The highest BCUT2D eigenvalue weighted by Crippen LogP contribution is 2.15. The van der Waals surface area contributed by atoms with Crippen molar-refractivity contribution in [3.05, 3.63) is 45.8 Å². The maximum absolute atomic E-state index is 12.2. The van der Waals surface area contributed by atoms with Gasteiger partial charge >= 0.3 is 0 Å². The van der Waals surface area contributed by atoms with Crippen molar-refractivity contribution in [3.8, 4) is 0 Å². The number of anilines is 2. The molecular weight excluding hydrogens is 322 g/mol. The molecule has 0 atom stereocenters. The van der Waals surface area contributed by atoms with Gasteiger partial charge < -0.3 is 19.9 Å². The molecule has 3 rings (SSSR count). The summed E-state index contributed by atoms with van der Waals surface area (Å²) >= 11 is 0. The van der Waals surface area contributed by atoms with E-state index in [-0.39, 0.29) is 17.9 Å². The van der Waals surface area contributed by atoms with Crippen LogP contribution in [0, 0.1) is 13.8 Å². The van der Waals surface area contributed by atoms with Crippen LogP contribution in [0.5, 0.6) is 0 Å². The van der Waals surface area contributed by atoms with Crippen LogP contribution < -0.4 is 15.8 Å². The largest absolute Gasteiger partial charge is 0.378 e. The van der Waals surface area contributed by atoms with Gasteiger partial charge in [-0.3, -0.25) is 9.59 Å². The van der Waals surface area contributed by atoms with Crippen LogP contribution in [-0.2, 0) is 16.0 Å². The minimum atomic E-state index is -0.278. The normalized spacial score (nSPS) is 14.4. The lowest BCUT2D eigenvalue weighted by molar-refractivity contribution is -0.115. The van der Waals surface area contributed by atoms with Gasteiger partial charge in [0.2, 0.25) is 5.91 Å². The van der Waals surface area contributed by atoms with Crippen molar-refractivity contribution < 1.29 is 9.53 Å². The van der Waals surface area contributed by atoms with Crippen molar-refractivity contribution >= 4 is 17.4 Å². The predicted molar refractivity (Wildman–Crippen MR) is 93.9 cm³/mol. The van der Waals surface area contributed by atoms with Crippen LogP contribution in [-0.4, -0.2) is 47.2 Å². The van der Waals surface area contributed by atoms with E-state index in [0.29, 0.717) is 36.0 Å². The van der Waals surface area contributed by atoms with Crippen LogP contribution in [0.2, 0.25) is 0 Å². The number of aromatic amines is 1. The van der Waals surface area contributed by atoms with Gasteiger partial charge in [0.15, 0.2) is 0 Å². The summed E-state index contributed by atoms with van der Waals surface area (Å²) in [5.74, 6) is 1.12. The van der Waals surface area contributed by atoms with Gasteiger partial charge in [0.1, 0.15) is 11.6 Å². The molecule has 2 aromatic heterocycles. The Morgan fingerprint density at radius 1 is 1.32 bits per heavy atom. The molecule has 0 aliphatic carbocycles. The van der Waals surface area contributed by atoms with E-state index >= 15 is 0 Å². The summed E-state index contributed by atoms with van der Waals surface area (Å²) < 4.78 is 5.32. The van der Waals surface area contributed by atoms with Gasteiger partial charge in [-0.2, -0.15) is 0 Å². The molecule has 0 saturated carbocycles. The van der Waals surface area contributed by atoms with E-state index in [1.165, 1.54) is 0 Å². The summed E-state index contributed by atoms with van der Waals surface area (Å²) in [6, 6.07) is 3.67. The van der Waals surface area contributed by atoms with Crippen molar-refractivity contribution in [2.75, 3.05) is 36.5 Å². The average molecular weight is 343 g/mol. The SMILES string of the molecule is Cc1nc(C)c(CC(=O)Nc2ccc(N3CCOCC3)nc2)c(=O)[nH]1. The smallest absolute Gasteiger partial charge is 0.254 e. The molecule has 1 aliphatic rings. The fourth-order valence-corrected chi connectivity index (χ4v) is 2.76. The maximum atomic E-state index is 12.2. The maximum Gasteiger partial charge on any atom is 0.254 e. The highest BCUT2D eigenvalue weighted by Gasteiger charge is 2.14. The summed E-state index contributed by atoms with van der Waals surface area (Å²) in [5.41, 5.74) is 1.26. The van der Waals surface area contributed by atoms with E-state index < -0.39 is 0 Å². The first-order valence-electron chi connectivity index (χ1n) is 8.18. The third kappa shape index (κ3) is 4.21. The number of nitrogens with zero attached hydrogens (tertiary/aromatic N) is 3. The number of H-pyrrole nitrogens is 1. The van der Waals surface area contributed by atoms with Gasteiger partial charge in [0.25, 0.3) is 5.56 Å². The van der Waals surface area contributed by atoms with Gasteiger partial charge in [-0.1, -0.05) is 0 Å². The van der Waals surface area contributed by atoms with Gasteiger partial charge in [0.05, 0.1) is 31.5 Å². The highest BCUT2D eigenvalue weighted by atomic mass is 16.5. The highest BCUT2D eigenvalue weighted by molar-refractivity contribution is 5.92. The number of carbonyl (C=O) groups excluding carboxylic acids is 1. The van der Waals surface area contributed by atoms with Crippen LogP contribution >= 0.6 is 0 Å². The molecule has 0 unspecified atom stereocenters. The zero-order valence-corrected chi connectivity index (χ0v) is 14.3. The van der Waals surface area contributed by atoms with E-state index in [4.69, 9.17) is 4.74 Å². The zero-order chi connectivity index (χ0) is 17.8. The molecule has 8 heteroatoms. The van der Waals surface area contributed by atoms with Gasteiger partial charge in [-0.25, -0.2) is 9.97 Å². The fraction of sp³-hybridized carbons (Fsp3) is 0.412. The Morgan fingerprint density at radius 2 is 2.08 bits per heavy atom. The fourth-order valence-electron chi connectivity index (χ4n) is 2.76. The Labute approximate surface area is 145 Å². The summed E-state index contributed by atoms with van der Waals surface area (Å²) in [6.45, 7) is 6.43. The summed E-state index contributed by atoms with van der Waals surface area (Å²) in [5, 5.41) is 2.76. The molecule has 1 aliphatic heterocycles. The molecule has 0 spiro atoms. The van der Waals surface area contributed by atoms with Crippen LogP contribution in [0.1, 0.15) is 17.1 Å². The summed E-state index contributed by atoms with van der Waals surface area (Å²) in [4.78, 5) is 37.5. The van der Waals surface area contributed by atoms with E-state index in [1.54, 1.807) is 26.1 Å². The third-order valence-corrected chi connectivity index (χ3v) is 4.04. The number of rotatable bonds is 4. The Bertz CT molecular complexity index is 810. The number of nitrogens with one attached hydrogen (secondary N) is 2. The van der Waals surface area contributed by atoms with Crippen molar-refractivity contribution in [2.45, 2.75) is 20.3 Å². The summed E-state index contributed by atoms with van der Waals surface area (Å²) in [7, 11) is 0. The Hall–Kier alpha value is -2.74. The molecular formula is C17H21N5O3. The van der Waals surface area contributed by atoms with Gasteiger partial charge in [-0.05, 0) is 26.0 Å². The van der Waals surface area contributed by atoms with Crippen LogP contribution in [0.4, 0.5) is 11.5 Å². The minimum absolute atomic E-state index is 0.0281. The van der Waals surface area contributed by atoms with Crippen molar-refractivity contribution in [1.29, 1.82) is 0 Å². The molecule has 1 saturated heterocycles. The molecule has 1 amide bonds. The quantitative estimate of drug-likeness (QED) is 0.852. The van der Waals surface area contributed by atoms with Crippen molar-refractivity contribution in [1.82, 2.24) is 15.0 Å². The van der Waals surface area contributed by atoms with Gasteiger partial charge in [0, 0.05) is 24.3 Å². The number of carbonyl (C=O) groups is 1. The number of ether oxygens (including phenoxy) is 1. The lowest BCUT2D eigenvalue weighted by Gasteiger charge is -2.27. The van der Waals surface area contributed by atoms with Crippen molar-refractivity contribution in [2.24, 2.45) is 0 Å². The zero-order valence-electron chi connectivity index (χ0n) is 14.3. The standard InChI is InChI=1S/C17H21N5O3/c1-11-14(17(24)20-12(2)19-11)9-16(23)21-13-3-4-15(18-10-13)22-5-7-25-8-6-22/h3-4,10H,5-9H2,1-2H3,(H,21,23)(H,19,20,24). The molecule has 132 valence electrons. The minimum Gasteiger partial charge on any atom is -0.378 e. The number of hydrogen-bond donors (Lipinski definition) is 2. The second kappa shape index (κ2) is 7.43. The number of hydrogen-bond acceptors (Lipinski definition) is 6. The Morgan fingerprint density at radius 3 is 2.72 bits per heavy atom. The monoisotopic (exact) mass is 343 g/mol. The van der Waals surface area contributed by atoms with E-state index in [2.05, 4.69) is 25.2 Å². The molecule has 3 heterocycles. The molecule has 0 radical (unpaired) electrons. The van der Waals surface area contributed by atoms with Crippen LogP contribution in [0.25, 0.3) is 0 Å². The molecule has 1 fully saturated rings. The number of amides is 1. The van der Waals surface area contributed by atoms with E-state index in [9.17, 15) is 9.59 Å². The topological polar surface area (TPSA) is 100 Å². The van der Waals surface area contributed by atoms with Crippen LogP contribution in [0.15, 0.2) is 23.1 Å². The first-order chi connectivity index (χ1) is 12.0. The molecule has 8 nitrogen and oxygen atoms in total. The lowest BCUT2D eigenvalue weighted by atomic mass is 10.1. The number of aryl methyl sites for hydroxylation is 2. The number of aromatic nitrogens is 3. The second-order valence-electron chi connectivity index (χ2n) is 5.94. The number of pyridine rings is 1. The predicted octanol–water partition coefficient (Wildman–Crippen LogP) is 0.800. The molecule has 0 bridgehead atoms. The average Bonchev–Trinajstić information content (AvgIpc) is 2.59. The first-order valence-corrected chi connectivity index (χ1v) is 8.18. The van der Waals surface area contributed by atoms with E-state index in [1.807, 2.05) is 6.07 Å². The first kappa shape index (κ1) is 17.1. The third-order valence-electron chi connectivity index (χ3n) is 4.04. The second-order valence-corrected chi connectivity index (χ2v) is 5.94. The molecule has 2 N–H and O–H groups in total. The number of morpholine rings is 1. The Balaban J connectivity index is 1.64. The van der Waals surface area contributed by atoms with E-state index in [0.717, 1.165) is 18.9 Å². The Kier molecular flexibility index (Phi) is 5.08. The molecule has 25 heavy (non-hydrogen) atoms. The lowest BCUT2D eigenvalue weighted by Crippen LogP contribution is -2.36. The molecule has 0 aromatic carbocycles. The summed E-state index contributed by atoms with van der Waals surface area (Å²) in [6.07, 6.45) is 1.59.